The van der Waals surface area contributed by atoms with Crippen LogP contribution in [0.25, 0.3) is 0 Å². The van der Waals surface area contributed by atoms with Crippen molar-refractivity contribution in [1.29, 1.82) is 0 Å². The summed E-state index contributed by atoms with van der Waals surface area (Å²) in [5.41, 5.74) is -0.551. The molecule has 0 aromatic carbocycles. The van der Waals surface area contributed by atoms with Crippen LogP contribution < -0.4 is 0 Å². The van der Waals surface area contributed by atoms with Gasteiger partial charge in [-0.2, -0.15) is 0 Å². The molecule has 0 bridgehead atoms. The van der Waals surface area contributed by atoms with Crippen LogP contribution in [0.4, 0.5) is 0 Å². The Morgan fingerprint density at radius 1 is 0.840 bits per heavy atom. The zero-order chi connectivity index (χ0) is 19.6. The maximum atomic E-state index is 12.3. The highest BCUT2D eigenvalue weighted by Crippen LogP contribution is 2.40. The third-order valence-corrected chi connectivity index (χ3v) is 9.60. The molecule has 0 aliphatic heterocycles. The molecule has 0 unspecified atom stereocenters. The number of hydrogen-bond acceptors (Lipinski definition) is 5. The van der Waals surface area contributed by atoms with E-state index in [0.29, 0.717) is 19.3 Å². The number of carbonyl (C=O) groups excluding carboxylic acids is 2. The van der Waals surface area contributed by atoms with Gasteiger partial charge in [-0.1, -0.05) is 20.8 Å². The molecule has 25 heavy (non-hydrogen) atoms. The van der Waals surface area contributed by atoms with E-state index in [1.807, 2.05) is 20.8 Å². The van der Waals surface area contributed by atoms with Crippen molar-refractivity contribution >= 4 is 20.3 Å². The van der Waals surface area contributed by atoms with Gasteiger partial charge in [0.05, 0.1) is 11.5 Å². The number of carbonyl (C=O) groups is 2. The van der Waals surface area contributed by atoms with E-state index in [1.165, 1.54) is 6.92 Å². The molecule has 0 heterocycles. The molecule has 6 heteroatoms. The van der Waals surface area contributed by atoms with E-state index in [0.717, 1.165) is 0 Å². The van der Waals surface area contributed by atoms with Gasteiger partial charge in [0.15, 0.2) is 8.32 Å². The Bertz CT molecular complexity index is 487. The molecule has 0 spiro atoms. The van der Waals surface area contributed by atoms with Crippen LogP contribution in [-0.4, -0.2) is 38.6 Å². The van der Waals surface area contributed by atoms with Crippen LogP contribution >= 0.6 is 0 Å². The van der Waals surface area contributed by atoms with Gasteiger partial charge in [-0.15, -0.1) is 0 Å². The number of ether oxygens (including phenoxy) is 2. The maximum absolute atomic E-state index is 12.3. The standard InChI is InChI=1S/C19H36O5Si/c1-13(20)22-14-10-15(23-17(21)18(2,3)4)12-16(11-14)24-25(8,9)19(5,6)7/h14-16H,10-12H2,1-9H3/t14-,15-,16-/m1/s1. The molecule has 0 amide bonds. The third kappa shape index (κ3) is 6.74. The second-order valence-corrected chi connectivity index (χ2v) is 14.5. The fourth-order valence-corrected chi connectivity index (χ4v) is 3.99. The number of rotatable bonds is 4. The minimum atomic E-state index is -1.95. The van der Waals surface area contributed by atoms with Crippen LogP contribution in [0, 0.1) is 5.41 Å². The molecule has 1 aliphatic carbocycles. The predicted octanol–water partition coefficient (Wildman–Crippen LogP) is 4.45. The number of esters is 2. The summed E-state index contributed by atoms with van der Waals surface area (Å²) in [5, 5.41) is 0.0962. The molecule has 0 radical (unpaired) electrons. The van der Waals surface area contributed by atoms with Crippen LogP contribution in [0.1, 0.15) is 67.7 Å². The Morgan fingerprint density at radius 3 is 1.68 bits per heavy atom. The maximum Gasteiger partial charge on any atom is 0.311 e. The van der Waals surface area contributed by atoms with E-state index in [-0.39, 0.29) is 35.3 Å². The Hall–Kier alpha value is -0.883. The van der Waals surface area contributed by atoms with Crippen LogP contribution in [0.3, 0.4) is 0 Å². The van der Waals surface area contributed by atoms with Gasteiger partial charge in [-0.25, -0.2) is 0 Å². The summed E-state index contributed by atoms with van der Waals surface area (Å²) >= 11 is 0. The van der Waals surface area contributed by atoms with E-state index < -0.39 is 13.7 Å². The van der Waals surface area contributed by atoms with E-state index in [1.54, 1.807) is 0 Å². The van der Waals surface area contributed by atoms with Gasteiger partial charge in [0.25, 0.3) is 0 Å². The minimum absolute atomic E-state index is 0.0586. The molecule has 3 atom stereocenters. The Morgan fingerprint density at radius 2 is 1.28 bits per heavy atom. The summed E-state index contributed by atoms with van der Waals surface area (Å²) < 4.78 is 17.6. The van der Waals surface area contributed by atoms with Gasteiger partial charge >= 0.3 is 11.9 Å². The van der Waals surface area contributed by atoms with Crippen LogP contribution in [-0.2, 0) is 23.5 Å². The zero-order valence-electron chi connectivity index (χ0n) is 17.4. The lowest BCUT2D eigenvalue weighted by Gasteiger charge is -2.43. The van der Waals surface area contributed by atoms with Crippen molar-refractivity contribution < 1.29 is 23.5 Å². The lowest BCUT2D eigenvalue weighted by molar-refractivity contribution is -0.167. The molecule has 1 fully saturated rings. The topological polar surface area (TPSA) is 61.8 Å². The summed E-state index contributed by atoms with van der Waals surface area (Å²) in [7, 11) is -1.95. The quantitative estimate of drug-likeness (QED) is 0.539. The first kappa shape index (κ1) is 22.2. The summed E-state index contributed by atoms with van der Waals surface area (Å²) in [4.78, 5) is 23.6. The zero-order valence-corrected chi connectivity index (χ0v) is 18.4. The van der Waals surface area contributed by atoms with Gasteiger partial charge < -0.3 is 13.9 Å². The van der Waals surface area contributed by atoms with Crippen LogP contribution in [0.5, 0.6) is 0 Å². The van der Waals surface area contributed by atoms with Gasteiger partial charge in [-0.3, -0.25) is 9.59 Å². The molecule has 1 rings (SSSR count). The van der Waals surface area contributed by atoms with Gasteiger partial charge in [0, 0.05) is 26.2 Å². The monoisotopic (exact) mass is 372 g/mol. The lowest BCUT2D eigenvalue weighted by atomic mass is 9.91. The molecular weight excluding hydrogens is 336 g/mol. The molecule has 5 nitrogen and oxygen atoms in total. The van der Waals surface area contributed by atoms with E-state index in [4.69, 9.17) is 13.9 Å². The summed E-state index contributed by atoms with van der Waals surface area (Å²) in [6, 6.07) is 0. The molecule has 1 aliphatic rings. The van der Waals surface area contributed by atoms with Crippen molar-refractivity contribution in [1.82, 2.24) is 0 Å². The molecule has 0 aromatic heterocycles. The Labute approximate surface area is 153 Å². The van der Waals surface area contributed by atoms with Crippen molar-refractivity contribution in [2.45, 2.75) is 104 Å². The Balaban J connectivity index is 2.87. The molecule has 0 saturated heterocycles. The van der Waals surface area contributed by atoms with E-state index in [2.05, 4.69) is 33.9 Å². The fourth-order valence-electron chi connectivity index (χ4n) is 2.61. The van der Waals surface area contributed by atoms with E-state index in [9.17, 15) is 9.59 Å². The van der Waals surface area contributed by atoms with Crippen molar-refractivity contribution in [2.24, 2.45) is 5.41 Å². The SMILES string of the molecule is CC(=O)O[C@@H]1C[C@@H](OC(=O)C(C)(C)C)C[C@H](O[Si](C)(C)C(C)(C)C)C1. The summed E-state index contributed by atoms with van der Waals surface area (Å²) in [6.07, 6.45) is 1.26. The first-order chi connectivity index (χ1) is 11.1. The first-order valence-corrected chi connectivity index (χ1v) is 12.1. The van der Waals surface area contributed by atoms with Gasteiger partial charge in [-0.05, 0) is 38.9 Å². The first-order valence-electron chi connectivity index (χ1n) is 9.18. The Kier molecular flexibility index (Phi) is 6.90. The van der Waals surface area contributed by atoms with Crippen LogP contribution in [0.15, 0.2) is 0 Å². The average Bonchev–Trinajstić information content (AvgIpc) is 2.33. The lowest BCUT2D eigenvalue weighted by Crippen LogP contribution is -2.48. The smallest absolute Gasteiger partial charge is 0.311 e. The summed E-state index contributed by atoms with van der Waals surface area (Å²) in [5.74, 6) is -0.536. The minimum Gasteiger partial charge on any atom is -0.462 e. The molecular formula is C19H36O5Si. The highest BCUT2D eigenvalue weighted by Gasteiger charge is 2.42. The second-order valence-electron chi connectivity index (χ2n) is 9.72. The molecule has 0 aromatic rings. The average molecular weight is 373 g/mol. The highest BCUT2D eigenvalue weighted by molar-refractivity contribution is 6.74. The van der Waals surface area contributed by atoms with Gasteiger partial charge in [0.1, 0.15) is 12.2 Å². The highest BCUT2D eigenvalue weighted by atomic mass is 28.4. The van der Waals surface area contributed by atoms with Crippen molar-refractivity contribution in [2.75, 3.05) is 0 Å². The third-order valence-electron chi connectivity index (χ3n) is 5.06. The predicted molar refractivity (Wildman–Crippen MR) is 101 cm³/mol. The second kappa shape index (κ2) is 7.78. The van der Waals surface area contributed by atoms with Gasteiger partial charge in [0.2, 0.25) is 0 Å². The largest absolute Gasteiger partial charge is 0.462 e. The molecule has 1 saturated carbocycles. The van der Waals surface area contributed by atoms with Crippen molar-refractivity contribution in [3.63, 3.8) is 0 Å². The van der Waals surface area contributed by atoms with E-state index >= 15 is 0 Å². The normalized spacial score (nSPS) is 25.4. The molecule has 0 N–H and O–H groups in total. The van der Waals surface area contributed by atoms with Crippen LogP contribution in [0.2, 0.25) is 18.1 Å². The molecule has 146 valence electrons. The van der Waals surface area contributed by atoms with Crippen molar-refractivity contribution in [3.05, 3.63) is 0 Å². The van der Waals surface area contributed by atoms with Crippen molar-refractivity contribution in [3.8, 4) is 0 Å². The summed E-state index contributed by atoms with van der Waals surface area (Å²) in [6.45, 7) is 17.9. The fraction of sp³-hybridized carbons (Fsp3) is 0.895. The number of hydrogen-bond donors (Lipinski definition) is 0.